The van der Waals surface area contributed by atoms with Crippen LogP contribution in [0.2, 0.25) is 0 Å². The maximum atomic E-state index is 12.7. The van der Waals surface area contributed by atoms with E-state index < -0.39 is 0 Å². The van der Waals surface area contributed by atoms with Gasteiger partial charge in [0.1, 0.15) is 16.8 Å². The van der Waals surface area contributed by atoms with Crippen molar-refractivity contribution in [2.45, 2.75) is 13.0 Å². The Morgan fingerprint density at radius 2 is 2.08 bits per heavy atom. The van der Waals surface area contributed by atoms with E-state index in [2.05, 4.69) is 4.98 Å². The molecule has 4 aromatic rings. The minimum Gasteiger partial charge on any atom is -0.493 e. The highest BCUT2D eigenvalue weighted by Crippen LogP contribution is 2.26. The smallest absolute Gasteiger partial charge is 0.297 e. The molecule has 0 atom stereocenters. The molecule has 0 saturated heterocycles. The van der Waals surface area contributed by atoms with E-state index in [0.717, 1.165) is 23.1 Å². The van der Waals surface area contributed by atoms with Crippen molar-refractivity contribution in [2.75, 3.05) is 6.61 Å². The fourth-order valence-corrected chi connectivity index (χ4v) is 3.33. The molecule has 0 amide bonds. The van der Waals surface area contributed by atoms with Crippen molar-refractivity contribution in [3.05, 3.63) is 70.3 Å². The molecule has 2 aromatic heterocycles. The summed E-state index contributed by atoms with van der Waals surface area (Å²) in [5, 5.41) is 0.789. The standard InChI is InChI=1S/C20H14N2O4/c23-15(12-5-6-16-13(9-12)7-8-25-16)10-22-11-21-18-14-3-1-2-4-17(14)26-19(18)20(22)24/h1-6,9,11H,7-8,10H2. The van der Waals surface area contributed by atoms with Gasteiger partial charge in [-0.2, -0.15) is 0 Å². The lowest BCUT2D eigenvalue weighted by Gasteiger charge is -2.06. The molecule has 1 aliphatic heterocycles. The van der Waals surface area contributed by atoms with Crippen molar-refractivity contribution in [3.8, 4) is 5.75 Å². The molecule has 6 nitrogen and oxygen atoms in total. The van der Waals surface area contributed by atoms with Gasteiger partial charge >= 0.3 is 0 Å². The van der Waals surface area contributed by atoms with E-state index in [1.54, 1.807) is 18.2 Å². The number of furan rings is 1. The summed E-state index contributed by atoms with van der Waals surface area (Å²) in [5.41, 5.74) is 2.52. The zero-order chi connectivity index (χ0) is 17.7. The van der Waals surface area contributed by atoms with Crippen LogP contribution in [0.25, 0.3) is 22.1 Å². The van der Waals surface area contributed by atoms with Gasteiger partial charge in [0.2, 0.25) is 5.58 Å². The second-order valence-electron chi connectivity index (χ2n) is 6.30. The summed E-state index contributed by atoms with van der Waals surface area (Å²) < 4.78 is 12.4. The lowest BCUT2D eigenvalue weighted by Crippen LogP contribution is -2.24. The summed E-state index contributed by atoms with van der Waals surface area (Å²) in [4.78, 5) is 29.7. The number of hydrogen-bond donors (Lipinski definition) is 0. The van der Waals surface area contributed by atoms with E-state index in [0.29, 0.717) is 23.3 Å². The Hall–Kier alpha value is -3.41. The van der Waals surface area contributed by atoms with Gasteiger partial charge in [0.25, 0.3) is 5.56 Å². The summed E-state index contributed by atoms with van der Waals surface area (Å²) >= 11 is 0. The SMILES string of the molecule is O=C(Cn1cnc2c(oc3ccccc32)c1=O)c1ccc2c(c1)CCO2. The van der Waals surface area contributed by atoms with Gasteiger partial charge in [-0.25, -0.2) is 4.98 Å². The maximum Gasteiger partial charge on any atom is 0.297 e. The average Bonchev–Trinajstić information content (AvgIpc) is 3.28. The van der Waals surface area contributed by atoms with Gasteiger partial charge in [0.05, 0.1) is 19.5 Å². The van der Waals surface area contributed by atoms with Gasteiger partial charge in [-0.3, -0.25) is 14.2 Å². The molecule has 6 heteroatoms. The van der Waals surface area contributed by atoms with Gasteiger partial charge in [-0.15, -0.1) is 0 Å². The lowest BCUT2D eigenvalue weighted by atomic mass is 10.1. The Morgan fingerprint density at radius 3 is 3.00 bits per heavy atom. The van der Waals surface area contributed by atoms with Crippen LogP contribution in [-0.2, 0) is 13.0 Å². The predicted molar refractivity (Wildman–Crippen MR) is 95.7 cm³/mol. The topological polar surface area (TPSA) is 74.3 Å². The summed E-state index contributed by atoms with van der Waals surface area (Å²) in [7, 11) is 0. The number of nitrogens with zero attached hydrogens (tertiary/aromatic N) is 2. The first-order chi connectivity index (χ1) is 12.7. The minimum atomic E-state index is -0.357. The number of Topliss-reactive ketones (excluding diaryl/α,β-unsaturated/α-hetero) is 1. The van der Waals surface area contributed by atoms with Crippen LogP contribution in [0.4, 0.5) is 0 Å². The van der Waals surface area contributed by atoms with E-state index >= 15 is 0 Å². The zero-order valence-corrected chi connectivity index (χ0v) is 13.8. The van der Waals surface area contributed by atoms with Gasteiger partial charge in [-0.05, 0) is 35.9 Å². The van der Waals surface area contributed by atoms with Gasteiger partial charge in [-0.1, -0.05) is 12.1 Å². The molecule has 5 rings (SSSR count). The van der Waals surface area contributed by atoms with Crippen LogP contribution < -0.4 is 10.3 Å². The molecular formula is C20H14N2O4. The lowest BCUT2D eigenvalue weighted by molar-refractivity contribution is 0.0970. The number of ether oxygens (including phenoxy) is 1. The number of carbonyl (C=O) groups excluding carboxylic acids is 1. The molecule has 26 heavy (non-hydrogen) atoms. The molecule has 128 valence electrons. The molecule has 0 N–H and O–H groups in total. The second-order valence-corrected chi connectivity index (χ2v) is 6.30. The quantitative estimate of drug-likeness (QED) is 0.533. The zero-order valence-electron chi connectivity index (χ0n) is 13.8. The monoisotopic (exact) mass is 346 g/mol. The molecule has 0 fully saturated rings. The van der Waals surface area contributed by atoms with E-state index in [9.17, 15) is 9.59 Å². The van der Waals surface area contributed by atoms with E-state index in [4.69, 9.17) is 9.15 Å². The first-order valence-electron chi connectivity index (χ1n) is 8.36. The van der Waals surface area contributed by atoms with Crippen molar-refractivity contribution in [1.29, 1.82) is 0 Å². The third-order valence-corrected chi connectivity index (χ3v) is 4.68. The van der Waals surface area contributed by atoms with Gasteiger partial charge in [0, 0.05) is 17.4 Å². The van der Waals surface area contributed by atoms with Crippen molar-refractivity contribution in [2.24, 2.45) is 0 Å². The number of benzene rings is 2. The normalized spacial score (nSPS) is 13.1. The Bertz CT molecular complexity index is 1240. The highest BCUT2D eigenvalue weighted by atomic mass is 16.5. The highest BCUT2D eigenvalue weighted by molar-refractivity contribution is 6.02. The van der Waals surface area contributed by atoms with Crippen LogP contribution in [0, 0.1) is 0 Å². The van der Waals surface area contributed by atoms with Gasteiger partial charge < -0.3 is 9.15 Å². The average molecular weight is 346 g/mol. The summed E-state index contributed by atoms with van der Waals surface area (Å²) in [5.74, 6) is 0.670. The van der Waals surface area contributed by atoms with Crippen LogP contribution in [0.15, 0.2) is 58.0 Å². The molecule has 0 aliphatic carbocycles. The van der Waals surface area contributed by atoms with Crippen LogP contribution in [0.1, 0.15) is 15.9 Å². The first kappa shape index (κ1) is 14.9. The van der Waals surface area contributed by atoms with Crippen LogP contribution in [0.3, 0.4) is 0 Å². The first-order valence-corrected chi connectivity index (χ1v) is 8.36. The van der Waals surface area contributed by atoms with Crippen molar-refractivity contribution >= 4 is 27.9 Å². The third kappa shape index (κ3) is 2.23. The molecule has 0 unspecified atom stereocenters. The number of carbonyl (C=O) groups is 1. The van der Waals surface area contributed by atoms with E-state index in [-0.39, 0.29) is 23.5 Å². The third-order valence-electron chi connectivity index (χ3n) is 4.68. The second kappa shape index (κ2) is 5.56. The Morgan fingerprint density at radius 1 is 1.19 bits per heavy atom. The molecule has 1 aliphatic rings. The number of rotatable bonds is 3. The summed E-state index contributed by atoms with van der Waals surface area (Å²) in [6.07, 6.45) is 2.20. The predicted octanol–water partition coefficient (Wildman–Crippen LogP) is 2.96. The highest BCUT2D eigenvalue weighted by Gasteiger charge is 2.17. The van der Waals surface area contributed by atoms with Crippen molar-refractivity contribution < 1.29 is 13.9 Å². The number of fused-ring (bicyclic) bond motifs is 4. The Kier molecular flexibility index (Phi) is 3.18. The van der Waals surface area contributed by atoms with Crippen molar-refractivity contribution in [3.63, 3.8) is 0 Å². The number of hydrogen-bond acceptors (Lipinski definition) is 5. The van der Waals surface area contributed by atoms with Crippen LogP contribution >= 0.6 is 0 Å². The fourth-order valence-electron chi connectivity index (χ4n) is 3.33. The van der Waals surface area contributed by atoms with Crippen LogP contribution in [-0.4, -0.2) is 21.9 Å². The van der Waals surface area contributed by atoms with Crippen LogP contribution in [0.5, 0.6) is 5.75 Å². The molecule has 0 bridgehead atoms. The number of ketones is 1. The summed E-state index contributed by atoms with van der Waals surface area (Å²) in [6.45, 7) is 0.553. The minimum absolute atomic E-state index is 0.0849. The van der Waals surface area contributed by atoms with E-state index in [1.807, 2.05) is 24.3 Å². The molecule has 0 saturated carbocycles. The summed E-state index contributed by atoms with van der Waals surface area (Å²) in [6, 6.07) is 12.7. The molecule has 0 radical (unpaired) electrons. The van der Waals surface area contributed by atoms with Crippen molar-refractivity contribution in [1.82, 2.24) is 9.55 Å². The fraction of sp³-hybridized carbons (Fsp3) is 0.150. The molecule has 2 aromatic carbocycles. The largest absolute Gasteiger partial charge is 0.493 e. The van der Waals surface area contributed by atoms with Gasteiger partial charge in [0.15, 0.2) is 5.78 Å². The molecule has 0 spiro atoms. The number of para-hydroxylation sites is 1. The Balaban J connectivity index is 1.53. The number of aromatic nitrogens is 2. The van der Waals surface area contributed by atoms with E-state index in [1.165, 1.54) is 10.9 Å². The molecule has 3 heterocycles. The Labute approximate surface area is 147 Å². The molecular weight excluding hydrogens is 332 g/mol. The maximum absolute atomic E-state index is 12.7.